The van der Waals surface area contributed by atoms with Crippen molar-refractivity contribution < 1.29 is 4.92 Å². The average molecular weight is 447 g/mol. The van der Waals surface area contributed by atoms with Gasteiger partial charge in [0, 0.05) is 13.1 Å². The Morgan fingerprint density at radius 3 is 2.52 bits per heavy atom. The standard InChI is InChI=1S/C15H14BrCl2N5O2/c16-14(18)12(17)13(23(24)25)15(21-8-4-1-5-9-21)22-11-7-3-2-6-10(11)19-20-22/h2-3,6-7H,1,4-5,8-9H2/b14-12-,15-13-. The van der Waals surface area contributed by atoms with Crippen molar-refractivity contribution in [1.82, 2.24) is 19.9 Å². The van der Waals surface area contributed by atoms with E-state index in [1.54, 1.807) is 6.07 Å². The van der Waals surface area contributed by atoms with Crippen LogP contribution in [0.5, 0.6) is 0 Å². The lowest BCUT2D eigenvalue weighted by molar-refractivity contribution is -0.419. The van der Waals surface area contributed by atoms with Crippen molar-refractivity contribution in [3.8, 4) is 0 Å². The number of para-hydroxylation sites is 1. The highest BCUT2D eigenvalue weighted by atomic mass is 79.9. The highest BCUT2D eigenvalue weighted by molar-refractivity contribution is 9.12. The number of hydrogen-bond donors (Lipinski definition) is 0. The molecule has 1 fully saturated rings. The first-order valence-electron chi connectivity index (χ1n) is 7.66. The number of aromatic nitrogens is 3. The first-order valence-corrected chi connectivity index (χ1v) is 9.21. The normalized spacial score (nSPS) is 17.3. The Morgan fingerprint density at radius 1 is 1.20 bits per heavy atom. The molecule has 2 heterocycles. The maximum absolute atomic E-state index is 11.8. The van der Waals surface area contributed by atoms with E-state index < -0.39 is 4.92 Å². The van der Waals surface area contributed by atoms with Crippen molar-refractivity contribution in [2.75, 3.05) is 13.1 Å². The quantitative estimate of drug-likeness (QED) is 0.396. The Balaban J connectivity index is 2.30. The number of nitro groups is 1. The highest BCUT2D eigenvalue weighted by Gasteiger charge is 2.32. The number of halogens is 3. The van der Waals surface area contributed by atoms with Gasteiger partial charge in [-0.2, -0.15) is 4.68 Å². The third-order valence-electron chi connectivity index (χ3n) is 3.98. The van der Waals surface area contributed by atoms with Crippen molar-refractivity contribution >= 4 is 56.0 Å². The smallest absolute Gasteiger partial charge is 0.332 e. The first-order chi connectivity index (χ1) is 12.0. The molecule has 1 aliphatic heterocycles. The van der Waals surface area contributed by atoms with E-state index in [4.69, 9.17) is 23.2 Å². The van der Waals surface area contributed by atoms with Crippen LogP contribution in [0.15, 0.2) is 38.9 Å². The molecule has 0 saturated carbocycles. The van der Waals surface area contributed by atoms with Crippen LogP contribution in [-0.2, 0) is 0 Å². The van der Waals surface area contributed by atoms with E-state index in [-0.39, 0.29) is 20.5 Å². The van der Waals surface area contributed by atoms with Gasteiger partial charge < -0.3 is 4.90 Å². The molecule has 1 aromatic carbocycles. The van der Waals surface area contributed by atoms with E-state index in [9.17, 15) is 10.1 Å². The number of piperidine rings is 1. The Bertz CT molecular complexity index is 870. The molecular formula is C15H14BrCl2N5O2. The van der Waals surface area contributed by atoms with Crippen LogP contribution in [0, 0.1) is 10.1 Å². The summed E-state index contributed by atoms with van der Waals surface area (Å²) >= 11 is 15.1. The minimum atomic E-state index is -0.535. The second-order valence-electron chi connectivity index (χ2n) is 5.54. The molecule has 7 nitrogen and oxygen atoms in total. The summed E-state index contributed by atoms with van der Waals surface area (Å²) in [7, 11) is 0. The van der Waals surface area contributed by atoms with E-state index in [1.165, 1.54) is 4.68 Å². The number of nitrogens with zero attached hydrogens (tertiary/aromatic N) is 5. The summed E-state index contributed by atoms with van der Waals surface area (Å²) in [6, 6.07) is 7.27. The fraction of sp³-hybridized carbons (Fsp3) is 0.333. The minimum Gasteiger partial charge on any atom is -0.351 e. The van der Waals surface area contributed by atoms with Gasteiger partial charge in [0.2, 0.25) is 5.82 Å². The van der Waals surface area contributed by atoms with E-state index >= 15 is 0 Å². The summed E-state index contributed by atoms with van der Waals surface area (Å²) in [6.45, 7) is 1.34. The lowest BCUT2D eigenvalue weighted by Gasteiger charge is -2.30. The zero-order valence-corrected chi connectivity index (χ0v) is 16.1. The molecule has 25 heavy (non-hydrogen) atoms. The van der Waals surface area contributed by atoms with Gasteiger partial charge in [-0.1, -0.05) is 40.5 Å². The molecule has 0 spiro atoms. The van der Waals surface area contributed by atoms with Crippen molar-refractivity contribution in [2.45, 2.75) is 19.3 Å². The maximum Gasteiger partial charge on any atom is 0.332 e. The van der Waals surface area contributed by atoms with Gasteiger partial charge >= 0.3 is 5.70 Å². The number of likely N-dealkylation sites (tertiary alicyclic amines) is 1. The van der Waals surface area contributed by atoms with Crippen LogP contribution in [0.2, 0.25) is 0 Å². The van der Waals surface area contributed by atoms with Crippen LogP contribution in [0.3, 0.4) is 0 Å². The summed E-state index contributed by atoms with van der Waals surface area (Å²) in [5, 5.41) is 19.9. The van der Waals surface area contributed by atoms with Crippen LogP contribution >= 0.6 is 39.1 Å². The number of fused-ring (bicyclic) bond motifs is 1. The molecule has 0 bridgehead atoms. The maximum atomic E-state index is 11.8. The van der Waals surface area contributed by atoms with E-state index in [1.807, 2.05) is 23.1 Å². The van der Waals surface area contributed by atoms with Gasteiger partial charge in [0.25, 0.3) is 0 Å². The third-order valence-corrected chi connectivity index (χ3v) is 5.25. The zero-order valence-electron chi connectivity index (χ0n) is 13.0. The SMILES string of the molecule is O=[N+]([O-])C(=C(/N1CCCCC1)n1nnc2ccccc21)/C(Cl)=C(/Cl)Br. The molecule has 0 unspecified atom stereocenters. The van der Waals surface area contributed by atoms with E-state index in [2.05, 4.69) is 26.2 Å². The van der Waals surface area contributed by atoms with Crippen molar-refractivity contribution in [2.24, 2.45) is 0 Å². The lowest BCUT2D eigenvalue weighted by Crippen LogP contribution is -2.33. The van der Waals surface area contributed by atoms with Crippen molar-refractivity contribution in [3.63, 3.8) is 0 Å². The Kier molecular flexibility index (Phi) is 5.61. The Labute approximate surface area is 162 Å². The van der Waals surface area contributed by atoms with Crippen molar-refractivity contribution in [3.05, 3.63) is 49.1 Å². The largest absolute Gasteiger partial charge is 0.351 e. The fourth-order valence-electron chi connectivity index (χ4n) is 2.86. The van der Waals surface area contributed by atoms with Crippen molar-refractivity contribution in [1.29, 1.82) is 0 Å². The third kappa shape index (κ3) is 3.65. The van der Waals surface area contributed by atoms with Crippen LogP contribution in [0.1, 0.15) is 19.3 Å². The summed E-state index contributed by atoms with van der Waals surface area (Å²) < 4.78 is 1.44. The molecule has 0 radical (unpaired) electrons. The molecule has 1 aliphatic rings. The van der Waals surface area contributed by atoms with Crippen LogP contribution in [0.25, 0.3) is 16.9 Å². The van der Waals surface area contributed by atoms with Gasteiger partial charge in [0.15, 0.2) is 0 Å². The Hall–Kier alpha value is -1.64. The van der Waals surface area contributed by atoms with Gasteiger partial charge in [0.1, 0.15) is 14.5 Å². The second kappa shape index (κ2) is 7.72. The molecule has 1 aromatic heterocycles. The molecule has 1 saturated heterocycles. The average Bonchev–Trinajstić information content (AvgIpc) is 3.03. The van der Waals surface area contributed by atoms with Gasteiger partial charge in [-0.05, 0) is 47.3 Å². The minimum absolute atomic E-state index is 0.0280. The monoisotopic (exact) mass is 445 g/mol. The number of hydrogen-bond acceptors (Lipinski definition) is 5. The predicted molar refractivity (Wildman–Crippen MR) is 101 cm³/mol. The molecule has 2 aromatic rings. The highest BCUT2D eigenvalue weighted by Crippen LogP contribution is 2.33. The molecule has 0 aliphatic carbocycles. The van der Waals surface area contributed by atoms with E-state index in [0.29, 0.717) is 24.1 Å². The van der Waals surface area contributed by atoms with Gasteiger partial charge in [0.05, 0.1) is 10.4 Å². The fourth-order valence-corrected chi connectivity index (χ4v) is 3.30. The number of allylic oxidation sites excluding steroid dienone is 1. The molecule has 0 amide bonds. The first kappa shape index (κ1) is 18.2. The van der Waals surface area contributed by atoms with E-state index in [0.717, 1.165) is 19.3 Å². The van der Waals surface area contributed by atoms with Gasteiger partial charge in [-0.15, -0.1) is 5.10 Å². The summed E-state index contributed by atoms with van der Waals surface area (Å²) in [5.41, 5.74) is 1.00. The Morgan fingerprint density at radius 2 is 1.88 bits per heavy atom. The van der Waals surface area contributed by atoms with Crippen LogP contribution in [-0.4, -0.2) is 37.9 Å². The summed E-state index contributed by atoms with van der Waals surface area (Å²) in [6.07, 6.45) is 2.95. The van der Waals surface area contributed by atoms with Gasteiger partial charge in [-0.3, -0.25) is 10.1 Å². The van der Waals surface area contributed by atoms with Crippen LogP contribution < -0.4 is 0 Å². The zero-order chi connectivity index (χ0) is 18.0. The molecule has 3 rings (SSSR count). The number of rotatable bonds is 4. The molecular weight excluding hydrogens is 433 g/mol. The lowest BCUT2D eigenvalue weighted by atomic mass is 10.1. The topological polar surface area (TPSA) is 77.1 Å². The predicted octanol–water partition coefficient (Wildman–Crippen LogP) is 4.36. The number of benzene rings is 1. The summed E-state index contributed by atoms with van der Waals surface area (Å²) in [4.78, 5) is 13.2. The molecule has 10 heteroatoms. The second-order valence-corrected chi connectivity index (χ2v) is 7.55. The summed E-state index contributed by atoms with van der Waals surface area (Å²) in [5.74, 6) is 0.279. The molecule has 0 atom stereocenters. The molecule has 132 valence electrons. The van der Waals surface area contributed by atoms with Gasteiger partial charge in [-0.25, -0.2) is 0 Å². The molecule has 0 N–H and O–H groups in total. The van der Waals surface area contributed by atoms with Crippen LogP contribution in [0.4, 0.5) is 0 Å².